The van der Waals surface area contributed by atoms with E-state index in [9.17, 15) is 5.11 Å². The molecule has 0 atom stereocenters. The van der Waals surface area contributed by atoms with Gasteiger partial charge in [0.2, 0.25) is 0 Å². The molecular formula is C14H11Cl2N5O. The van der Waals surface area contributed by atoms with Gasteiger partial charge in [0.1, 0.15) is 5.76 Å². The lowest BCUT2D eigenvalue weighted by molar-refractivity contribution is 0.508. The second-order valence-corrected chi connectivity index (χ2v) is 5.52. The third kappa shape index (κ3) is 2.17. The van der Waals surface area contributed by atoms with E-state index in [2.05, 4.69) is 21.9 Å². The number of halogens is 2. The minimum absolute atomic E-state index is 0.0932. The van der Waals surface area contributed by atoms with Gasteiger partial charge in [0.25, 0.3) is 0 Å². The summed E-state index contributed by atoms with van der Waals surface area (Å²) >= 11 is 12.0. The maximum absolute atomic E-state index is 9.47. The Bertz CT molecular complexity index is 919. The second-order valence-electron chi connectivity index (χ2n) is 4.71. The molecule has 6 nitrogen and oxygen atoms in total. The van der Waals surface area contributed by atoms with Crippen LogP contribution in [-0.4, -0.2) is 24.9 Å². The van der Waals surface area contributed by atoms with E-state index >= 15 is 0 Å². The normalized spacial score (nSPS) is 11.0. The largest absolute Gasteiger partial charge is 0.506 e. The van der Waals surface area contributed by atoms with Gasteiger partial charge in [-0.3, -0.25) is 0 Å². The van der Waals surface area contributed by atoms with Gasteiger partial charge in [-0.2, -0.15) is 9.61 Å². The van der Waals surface area contributed by atoms with E-state index < -0.39 is 0 Å². The molecule has 2 aromatic heterocycles. The summed E-state index contributed by atoms with van der Waals surface area (Å²) in [6.07, 6.45) is 0. The summed E-state index contributed by atoms with van der Waals surface area (Å²) in [5, 5.41) is 22.7. The first-order chi connectivity index (χ1) is 10.4. The summed E-state index contributed by atoms with van der Waals surface area (Å²) < 4.78 is 1.41. The zero-order valence-corrected chi connectivity index (χ0v) is 13.0. The monoisotopic (exact) mass is 335 g/mol. The van der Waals surface area contributed by atoms with Crippen molar-refractivity contribution in [1.29, 1.82) is 0 Å². The Kier molecular flexibility index (Phi) is 3.42. The molecule has 0 spiro atoms. The van der Waals surface area contributed by atoms with Crippen LogP contribution in [0.25, 0.3) is 22.5 Å². The van der Waals surface area contributed by atoms with E-state index in [1.165, 1.54) is 4.52 Å². The van der Waals surface area contributed by atoms with Crippen LogP contribution in [-0.2, 0) is 0 Å². The lowest BCUT2D eigenvalue weighted by atomic mass is 10.1. The minimum Gasteiger partial charge on any atom is -0.506 e. The highest BCUT2D eigenvalue weighted by Crippen LogP contribution is 2.33. The minimum atomic E-state index is -0.267. The Hall–Kier alpha value is -2.31. The van der Waals surface area contributed by atoms with Gasteiger partial charge in [0, 0.05) is 0 Å². The van der Waals surface area contributed by atoms with Crippen molar-refractivity contribution in [2.75, 3.05) is 5.73 Å². The van der Waals surface area contributed by atoms with Crippen molar-refractivity contribution in [1.82, 2.24) is 19.8 Å². The number of hydrogen-bond acceptors (Lipinski definition) is 5. The van der Waals surface area contributed by atoms with Crippen LogP contribution in [0.4, 0.5) is 5.82 Å². The van der Waals surface area contributed by atoms with Crippen LogP contribution >= 0.6 is 23.2 Å². The zero-order chi connectivity index (χ0) is 16.0. The molecule has 0 saturated heterocycles. The first-order valence-corrected chi connectivity index (χ1v) is 7.01. The summed E-state index contributed by atoms with van der Waals surface area (Å²) in [5.74, 6) is -0.108. The number of benzene rings is 1. The topological polar surface area (TPSA) is 89.3 Å². The smallest absolute Gasteiger partial charge is 0.187 e. The van der Waals surface area contributed by atoms with Crippen LogP contribution in [0.1, 0.15) is 11.4 Å². The van der Waals surface area contributed by atoms with Crippen LogP contribution in [0.2, 0.25) is 10.0 Å². The van der Waals surface area contributed by atoms with E-state index in [1.807, 2.05) is 13.0 Å². The van der Waals surface area contributed by atoms with Crippen LogP contribution in [0.5, 0.6) is 0 Å². The van der Waals surface area contributed by atoms with E-state index in [0.29, 0.717) is 21.4 Å². The average Bonchev–Trinajstić information content (AvgIpc) is 2.79. The molecule has 8 heteroatoms. The standard InChI is InChI=1S/C14H11Cl2N5O/c1-6-11(8-3-4-9(15)10(16)5-8)14-19-18-12(7(2)22)13(17)21(14)20-6/h3-5,22H,2,17H2,1H3. The predicted octanol–water partition coefficient (Wildman–Crippen LogP) is 3.52. The van der Waals surface area contributed by atoms with Crippen molar-refractivity contribution < 1.29 is 5.11 Å². The van der Waals surface area contributed by atoms with Gasteiger partial charge in [-0.25, -0.2) is 0 Å². The Morgan fingerprint density at radius 2 is 2.00 bits per heavy atom. The van der Waals surface area contributed by atoms with Gasteiger partial charge in [-0.05, 0) is 24.6 Å². The molecule has 2 heterocycles. The fourth-order valence-corrected chi connectivity index (χ4v) is 2.52. The second kappa shape index (κ2) is 5.15. The molecule has 0 bridgehead atoms. The van der Waals surface area contributed by atoms with E-state index in [1.54, 1.807) is 12.1 Å². The van der Waals surface area contributed by atoms with Gasteiger partial charge in [-0.1, -0.05) is 35.8 Å². The number of anilines is 1. The Morgan fingerprint density at radius 1 is 1.27 bits per heavy atom. The number of hydrogen-bond donors (Lipinski definition) is 2. The summed E-state index contributed by atoms with van der Waals surface area (Å²) in [7, 11) is 0. The van der Waals surface area contributed by atoms with Crippen LogP contribution in [0.3, 0.4) is 0 Å². The molecule has 0 fully saturated rings. The molecule has 0 unspecified atom stereocenters. The van der Waals surface area contributed by atoms with Gasteiger partial charge in [0.05, 0.1) is 21.3 Å². The molecule has 22 heavy (non-hydrogen) atoms. The molecule has 3 N–H and O–H groups in total. The van der Waals surface area contributed by atoms with E-state index in [4.69, 9.17) is 28.9 Å². The summed E-state index contributed by atoms with van der Waals surface area (Å²) in [6.45, 7) is 5.22. The molecule has 0 saturated carbocycles. The number of fused-ring (bicyclic) bond motifs is 1. The van der Waals surface area contributed by atoms with Crippen molar-refractivity contribution in [2.24, 2.45) is 0 Å². The highest BCUT2D eigenvalue weighted by Gasteiger charge is 2.18. The number of aliphatic hydroxyl groups excluding tert-OH is 1. The number of aromatic nitrogens is 4. The summed E-state index contributed by atoms with van der Waals surface area (Å²) in [4.78, 5) is 0. The molecule has 0 aliphatic heterocycles. The molecule has 0 aliphatic rings. The highest BCUT2D eigenvalue weighted by molar-refractivity contribution is 6.42. The molecule has 1 aromatic carbocycles. The van der Waals surface area contributed by atoms with E-state index in [-0.39, 0.29) is 17.3 Å². The number of aryl methyl sites for hydroxylation is 1. The van der Waals surface area contributed by atoms with Crippen molar-refractivity contribution >= 4 is 40.4 Å². The first-order valence-electron chi connectivity index (χ1n) is 6.25. The maximum Gasteiger partial charge on any atom is 0.187 e. The lowest BCUT2D eigenvalue weighted by Gasteiger charge is -2.05. The van der Waals surface area contributed by atoms with Crippen LogP contribution in [0.15, 0.2) is 24.8 Å². The molecule has 0 radical (unpaired) electrons. The average molecular weight is 336 g/mol. The third-order valence-electron chi connectivity index (χ3n) is 3.23. The molecule has 0 aliphatic carbocycles. The van der Waals surface area contributed by atoms with Gasteiger partial charge in [-0.15, -0.1) is 10.2 Å². The Labute approximate surface area is 135 Å². The first kappa shape index (κ1) is 14.6. The molecule has 0 amide bonds. The van der Waals surface area contributed by atoms with Gasteiger partial charge >= 0.3 is 0 Å². The fourth-order valence-electron chi connectivity index (χ4n) is 2.22. The molecular weight excluding hydrogens is 325 g/mol. The zero-order valence-electron chi connectivity index (χ0n) is 11.5. The predicted molar refractivity (Wildman–Crippen MR) is 87.1 cm³/mol. The number of rotatable bonds is 2. The molecule has 112 valence electrons. The van der Waals surface area contributed by atoms with Crippen molar-refractivity contribution in [3.8, 4) is 11.1 Å². The lowest BCUT2D eigenvalue weighted by Crippen LogP contribution is -2.07. The number of nitrogens with two attached hydrogens (primary N) is 1. The van der Waals surface area contributed by atoms with Crippen molar-refractivity contribution in [2.45, 2.75) is 6.92 Å². The fraction of sp³-hybridized carbons (Fsp3) is 0.0714. The molecule has 3 rings (SSSR count). The van der Waals surface area contributed by atoms with Crippen molar-refractivity contribution in [3.63, 3.8) is 0 Å². The number of nitrogens with zero attached hydrogens (tertiary/aromatic N) is 4. The summed E-state index contributed by atoms with van der Waals surface area (Å²) in [6, 6.07) is 5.24. The van der Waals surface area contributed by atoms with E-state index in [0.717, 1.165) is 11.1 Å². The number of aliphatic hydroxyl groups is 1. The third-order valence-corrected chi connectivity index (χ3v) is 3.97. The SMILES string of the molecule is C=C(O)c1nnc2c(-c3ccc(Cl)c(Cl)c3)c(C)nn2c1N. The van der Waals surface area contributed by atoms with Gasteiger partial charge < -0.3 is 10.8 Å². The summed E-state index contributed by atoms with van der Waals surface area (Å²) in [5.41, 5.74) is 8.75. The van der Waals surface area contributed by atoms with Crippen LogP contribution < -0.4 is 5.73 Å². The quantitative estimate of drug-likeness (QED) is 0.699. The van der Waals surface area contributed by atoms with Gasteiger partial charge in [0.15, 0.2) is 17.2 Å². The Balaban J connectivity index is 2.31. The van der Waals surface area contributed by atoms with Crippen molar-refractivity contribution in [3.05, 3.63) is 46.2 Å². The highest BCUT2D eigenvalue weighted by atomic mass is 35.5. The Morgan fingerprint density at radius 3 is 2.64 bits per heavy atom. The van der Waals surface area contributed by atoms with Crippen LogP contribution in [0, 0.1) is 6.92 Å². The maximum atomic E-state index is 9.47. The number of nitrogen functional groups attached to an aromatic ring is 1. The molecule has 3 aromatic rings.